The number of thioether (sulfide) groups is 1. The minimum Gasteiger partial charge on any atom is -0.492 e. The van der Waals surface area contributed by atoms with Gasteiger partial charge in [-0.2, -0.15) is 4.39 Å². The van der Waals surface area contributed by atoms with Crippen molar-refractivity contribution in [2.24, 2.45) is 0 Å². The Labute approximate surface area is 125 Å². The maximum atomic E-state index is 13.5. The van der Waals surface area contributed by atoms with Crippen molar-refractivity contribution < 1.29 is 14.1 Å². The first-order valence-electron chi connectivity index (χ1n) is 6.45. The lowest BCUT2D eigenvalue weighted by Crippen LogP contribution is -2.13. The lowest BCUT2D eigenvalue weighted by atomic mass is 10.1. The first-order valence-corrected chi connectivity index (χ1v) is 7.33. The summed E-state index contributed by atoms with van der Waals surface area (Å²) >= 11 is 1.74. The summed E-state index contributed by atoms with van der Waals surface area (Å²) in [5.41, 5.74) is 0.760. The lowest BCUT2D eigenvalue weighted by molar-refractivity contribution is -0.387. The van der Waals surface area contributed by atoms with E-state index in [0.717, 1.165) is 18.6 Å². The molecule has 2 aromatic rings. The predicted octanol–water partition coefficient (Wildman–Crippen LogP) is 3.83. The molecule has 0 radical (unpaired) electrons. The van der Waals surface area contributed by atoms with Crippen LogP contribution in [0, 0.1) is 15.9 Å². The van der Waals surface area contributed by atoms with Gasteiger partial charge in [-0.3, -0.25) is 10.1 Å². The average molecular weight is 305 g/mol. The first-order chi connectivity index (χ1) is 10.1. The van der Waals surface area contributed by atoms with Gasteiger partial charge in [-0.25, -0.2) is 0 Å². The van der Waals surface area contributed by atoms with E-state index in [1.54, 1.807) is 11.8 Å². The van der Waals surface area contributed by atoms with Crippen LogP contribution in [0.2, 0.25) is 0 Å². The quantitative estimate of drug-likeness (QED) is 0.636. The molecule has 3 rings (SSSR count). The molecule has 0 aromatic heterocycles. The van der Waals surface area contributed by atoms with Crippen molar-refractivity contribution >= 4 is 17.4 Å². The summed E-state index contributed by atoms with van der Waals surface area (Å²) in [7, 11) is 0. The van der Waals surface area contributed by atoms with Gasteiger partial charge in [0, 0.05) is 22.3 Å². The van der Waals surface area contributed by atoms with Crippen molar-refractivity contribution in [2.45, 2.75) is 16.6 Å². The van der Waals surface area contributed by atoms with E-state index in [2.05, 4.69) is 12.1 Å². The summed E-state index contributed by atoms with van der Waals surface area (Å²) in [6.45, 7) is 0.441. The van der Waals surface area contributed by atoms with E-state index in [0.29, 0.717) is 12.4 Å². The Hall–Kier alpha value is -2.08. The van der Waals surface area contributed by atoms with E-state index >= 15 is 0 Å². The van der Waals surface area contributed by atoms with Crippen LogP contribution in [0.5, 0.6) is 5.75 Å². The molecule has 108 valence electrons. The molecular formula is C15H12FNO3S. The van der Waals surface area contributed by atoms with Crippen LogP contribution in [0.4, 0.5) is 10.1 Å². The molecule has 0 spiro atoms. The zero-order chi connectivity index (χ0) is 14.8. The number of fused-ring (bicyclic) bond motifs is 1. The van der Waals surface area contributed by atoms with Crippen LogP contribution >= 0.6 is 11.8 Å². The molecule has 21 heavy (non-hydrogen) atoms. The Morgan fingerprint density at radius 3 is 2.86 bits per heavy atom. The van der Waals surface area contributed by atoms with Crippen molar-refractivity contribution in [2.75, 3.05) is 6.61 Å². The zero-order valence-electron chi connectivity index (χ0n) is 11.0. The number of nitro benzene ring substituents is 1. The topological polar surface area (TPSA) is 52.4 Å². The van der Waals surface area contributed by atoms with Crippen LogP contribution < -0.4 is 4.74 Å². The molecule has 6 heteroatoms. The molecule has 1 atom stereocenters. The molecule has 0 saturated carbocycles. The minimum atomic E-state index is -0.875. The summed E-state index contributed by atoms with van der Waals surface area (Å²) < 4.78 is 19.0. The van der Waals surface area contributed by atoms with Crippen molar-refractivity contribution in [1.29, 1.82) is 0 Å². The Kier molecular flexibility index (Phi) is 3.79. The zero-order valence-corrected chi connectivity index (χ0v) is 11.8. The molecule has 2 aromatic carbocycles. The predicted molar refractivity (Wildman–Crippen MR) is 78.3 cm³/mol. The van der Waals surface area contributed by atoms with Crippen LogP contribution in [0.15, 0.2) is 47.4 Å². The second-order valence-electron chi connectivity index (χ2n) is 4.73. The third kappa shape index (κ3) is 3.00. The van der Waals surface area contributed by atoms with Gasteiger partial charge in [0.1, 0.15) is 12.4 Å². The molecule has 0 fully saturated rings. The minimum absolute atomic E-state index is 0.278. The molecule has 1 aliphatic rings. The molecule has 1 unspecified atom stereocenters. The molecular weight excluding hydrogens is 293 g/mol. The van der Waals surface area contributed by atoms with E-state index in [9.17, 15) is 14.5 Å². The van der Waals surface area contributed by atoms with Gasteiger partial charge in [0.05, 0.1) is 4.92 Å². The molecule has 1 aliphatic heterocycles. The molecule has 0 aliphatic carbocycles. The lowest BCUT2D eigenvalue weighted by Gasteiger charge is -2.10. The number of nitrogens with zero attached hydrogens (tertiary/aromatic N) is 1. The van der Waals surface area contributed by atoms with Crippen LogP contribution in [-0.4, -0.2) is 16.8 Å². The summed E-state index contributed by atoms with van der Waals surface area (Å²) in [6, 6.07) is 11.8. The number of nitro groups is 1. The second-order valence-corrected chi connectivity index (χ2v) is 6.08. The van der Waals surface area contributed by atoms with Gasteiger partial charge in [-0.15, -0.1) is 11.8 Å². The van der Waals surface area contributed by atoms with Crippen molar-refractivity contribution in [3.63, 3.8) is 0 Å². The number of hydrogen-bond donors (Lipinski definition) is 0. The van der Waals surface area contributed by atoms with E-state index in [1.807, 2.05) is 12.1 Å². The Bertz CT molecular complexity index is 667. The van der Waals surface area contributed by atoms with Crippen molar-refractivity contribution in [1.82, 2.24) is 0 Å². The average Bonchev–Trinajstić information content (AvgIpc) is 2.87. The Morgan fingerprint density at radius 2 is 2.14 bits per heavy atom. The third-order valence-corrected chi connectivity index (χ3v) is 4.55. The van der Waals surface area contributed by atoms with Crippen LogP contribution in [0.3, 0.4) is 0 Å². The fraction of sp³-hybridized carbons (Fsp3) is 0.200. The Balaban J connectivity index is 1.62. The fourth-order valence-electron chi connectivity index (χ4n) is 2.26. The number of rotatable bonds is 4. The first kappa shape index (κ1) is 13.9. The van der Waals surface area contributed by atoms with Crippen LogP contribution in [0.25, 0.3) is 0 Å². The van der Waals surface area contributed by atoms with Gasteiger partial charge < -0.3 is 4.74 Å². The molecule has 0 amide bonds. The molecule has 0 N–H and O–H groups in total. The maximum Gasteiger partial charge on any atom is 0.305 e. The summed E-state index contributed by atoms with van der Waals surface area (Å²) in [5, 5.41) is 10.8. The monoisotopic (exact) mass is 305 g/mol. The van der Waals surface area contributed by atoms with E-state index in [1.165, 1.54) is 16.5 Å². The highest BCUT2D eigenvalue weighted by molar-refractivity contribution is 8.00. The highest BCUT2D eigenvalue weighted by Crippen LogP contribution is 2.37. The number of hydrogen-bond acceptors (Lipinski definition) is 4. The number of halogens is 1. The van der Waals surface area contributed by atoms with E-state index < -0.39 is 16.4 Å². The normalized spacial score (nSPS) is 16.5. The van der Waals surface area contributed by atoms with E-state index in [-0.39, 0.29) is 5.25 Å². The van der Waals surface area contributed by atoms with Crippen LogP contribution in [-0.2, 0) is 6.42 Å². The van der Waals surface area contributed by atoms with Gasteiger partial charge in [-0.1, -0.05) is 18.2 Å². The molecule has 0 saturated heterocycles. The highest BCUT2D eigenvalue weighted by atomic mass is 32.2. The third-order valence-electron chi connectivity index (χ3n) is 3.27. The molecule has 0 bridgehead atoms. The van der Waals surface area contributed by atoms with Gasteiger partial charge >= 0.3 is 5.69 Å². The molecule has 4 nitrogen and oxygen atoms in total. The van der Waals surface area contributed by atoms with Gasteiger partial charge in [0.25, 0.3) is 0 Å². The second kappa shape index (κ2) is 5.73. The van der Waals surface area contributed by atoms with E-state index in [4.69, 9.17) is 4.74 Å². The van der Waals surface area contributed by atoms with Crippen molar-refractivity contribution in [3.05, 3.63) is 64.0 Å². The summed E-state index contributed by atoms with van der Waals surface area (Å²) in [5.74, 6) is -0.561. The summed E-state index contributed by atoms with van der Waals surface area (Å²) in [6.07, 6.45) is 0.913. The summed E-state index contributed by atoms with van der Waals surface area (Å²) in [4.78, 5) is 11.1. The number of ether oxygens (including phenoxy) is 1. The maximum absolute atomic E-state index is 13.5. The fourth-order valence-corrected chi connectivity index (χ4v) is 3.48. The highest BCUT2D eigenvalue weighted by Gasteiger charge is 2.22. The van der Waals surface area contributed by atoms with Gasteiger partial charge in [0.2, 0.25) is 5.82 Å². The van der Waals surface area contributed by atoms with Crippen LogP contribution in [0.1, 0.15) is 5.56 Å². The Morgan fingerprint density at radius 1 is 1.33 bits per heavy atom. The SMILES string of the molecule is O=[N+]([O-])c1ccc(OCC2Cc3ccccc3S2)cc1F. The smallest absolute Gasteiger partial charge is 0.305 e. The number of benzene rings is 2. The largest absolute Gasteiger partial charge is 0.492 e. The van der Waals surface area contributed by atoms with Crippen molar-refractivity contribution in [3.8, 4) is 5.75 Å². The standard InChI is InChI=1S/C15H12FNO3S/c16-13-8-11(5-6-14(13)17(18)19)20-9-12-7-10-3-1-2-4-15(10)21-12/h1-6,8,12H,7,9H2. The molecule has 1 heterocycles. The van der Waals surface area contributed by atoms with Gasteiger partial charge in [-0.05, 0) is 24.1 Å². The van der Waals surface area contributed by atoms with Gasteiger partial charge in [0.15, 0.2) is 0 Å².